The standard InChI is InChI=1S/C15H23N3OS/c1-9(2)13(14(16)20)15(19)17-11-7-6-10(3)12(8-11)18(4)5/h6-9,13H,1-5H3,(H2,16,20)(H,17,19). The van der Waals surface area contributed by atoms with Crippen molar-refractivity contribution < 1.29 is 4.79 Å². The van der Waals surface area contributed by atoms with E-state index in [0.29, 0.717) is 0 Å². The molecule has 0 spiro atoms. The Labute approximate surface area is 126 Å². The lowest BCUT2D eigenvalue weighted by atomic mass is 9.95. The number of thiocarbonyl (C=S) groups is 1. The van der Waals surface area contributed by atoms with E-state index in [2.05, 4.69) is 5.32 Å². The Morgan fingerprint density at radius 3 is 2.40 bits per heavy atom. The zero-order valence-electron chi connectivity index (χ0n) is 12.7. The maximum absolute atomic E-state index is 12.3. The molecule has 1 aromatic rings. The summed E-state index contributed by atoms with van der Waals surface area (Å²) in [6, 6.07) is 5.82. The minimum atomic E-state index is -0.450. The number of hydrogen-bond acceptors (Lipinski definition) is 3. The maximum atomic E-state index is 12.3. The third-order valence-electron chi connectivity index (χ3n) is 3.21. The third kappa shape index (κ3) is 3.93. The van der Waals surface area contributed by atoms with Crippen molar-refractivity contribution >= 4 is 34.5 Å². The molecule has 0 radical (unpaired) electrons. The van der Waals surface area contributed by atoms with Crippen molar-refractivity contribution in [3.05, 3.63) is 23.8 Å². The number of carbonyl (C=O) groups is 1. The van der Waals surface area contributed by atoms with Crippen LogP contribution in [0.25, 0.3) is 0 Å². The van der Waals surface area contributed by atoms with Crippen molar-refractivity contribution in [3.63, 3.8) is 0 Å². The molecule has 4 nitrogen and oxygen atoms in total. The Kier molecular flexibility index (Phi) is 5.51. The van der Waals surface area contributed by atoms with Gasteiger partial charge in [-0.15, -0.1) is 0 Å². The number of carbonyl (C=O) groups excluding carboxylic acids is 1. The van der Waals surface area contributed by atoms with Gasteiger partial charge >= 0.3 is 0 Å². The molecule has 0 bridgehead atoms. The first-order valence-electron chi connectivity index (χ1n) is 6.62. The number of aryl methyl sites for hydroxylation is 1. The first kappa shape index (κ1) is 16.4. The van der Waals surface area contributed by atoms with Gasteiger partial charge in [-0.1, -0.05) is 32.1 Å². The highest BCUT2D eigenvalue weighted by Crippen LogP contribution is 2.23. The van der Waals surface area contributed by atoms with E-state index in [0.717, 1.165) is 16.9 Å². The molecule has 0 aliphatic carbocycles. The van der Waals surface area contributed by atoms with Gasteiger partial charge in [0, 0.05) is 25.5 Å². The molecule has 0 aliphatic heterocycles. The normalized spacial score (nSPS) is 12.1. The predicted octanol–water partition coefficient (Wildman–Crippen LogP) is 2.56. The first-order chi connectivity index (χ1) is 9.23. The summed E-state index contributed by atoms with van der Waals surface area (Å²) in [5, 5.41) is 2.89. The van der Waals surface area contributed by atoms with Crippen LogP contribution in [0.1, 0.15) is 19.4 Å². The molecule has 0 aliphatic rings. The lowest BCUT2D eigenvalue weighted by Crippen LogP contribution is -2.36. The van der Waals surface area contributed by atoms with Crippen LogP contribution in [0.4, 0.5) is 11.4 Å². The van der Waals surface area contributed by atoms with Crippen LogP contribution in [0.5, 0.6) is 0 Å². The minimum absolute atomic E-state index is 0.0752. The SMILES string of the molecule is Cc1ccc(NC(=O)C(C(N)=S)C(C)C)cc1N(C)C. The Morgan fingerprint density at radius 1 is 1.35 bits per heavy atom. The second-order valence-corrected chi connectivity index (χ2v) is 5.98. The van der Waals surface area contributed by atoms with Gasteiger partial charge in [-0.3, -0.25) is 4.79 Å². The average Bonchev–Trinajstić information content (AvgIpc) is 2.30. The van der Waals surface area contributed by atoms with E-state index < -0.39 is 5.92 Å². The monoisotopic (exact) mass is 293 g/mol. The molecule has 0 saturated heterocycles. The zero-order valence-corrected chi connectivity index (χ0v) is 13.5. The van der Waals surface area contributed by atoms with Crippen molar-refractivity contribution in [1.82, 2.24) is 0 Å². The highest BCUT2D eigenvalue weighted by Gasteiger charge is 2.25. The quantitative estimate of drug-likeness (QED) is 0.819. The largest absolute Gasteiger partial charge is 0.393 e. The number of hydrogen-bond donors (Lipinski definition) is 2. The molecule has 0 saturated carbocycles. The number of nitrogens with zero attached hydrogens (tertiary/aromatic N) is 1. The Hall–Kier alpha value is -1.62. The summed E-state index contributed by atoms with van der Waals surface area (Å²) in [5.41, 5.74) is 8.64. The number of rotatable bonds is 5. The molecular formula is C15H23N3OS. The molecule has 5 heteroatoms. The number of amides is 1. The van der Waals surface area contributed by atoms with Crippen LogP contribution in [-0.2, 0) is 4.79 Å². The molecule has 3 N–H and O–H groups in total. The van der Waals surface area contributed by atoms with E-state index in [4.69, 9.17) is 18.0 Å². The fraction of sp³-hybridized carbons (Fsp3) is 0.467. The van der Waals surface area contributed by atoms with Crippen LogP contribution in [-0.4, -0.2) is 25.0 Å². The summed E-state index contributed by atoms with van der Waals surface area (Å²) in [6.07, 6.45) is 0. The second-order valence-electron chi connectivity index (χ2n) is 5.51. The number of nitrogens with two attached hydrogens (primary N) is 1. The Balaban J connectivity index is 2.96. The second kappa shape index (κ2) is 6.70. The van der Waals surface area contributed by atoms with Crippen molar-refractivity contribution in [2.45, 2.75) is 20.8 Å². The smallest absolute Gasteiger partial charge is 0.234 e. The van der Waals surface area contributed by atoms with Crippen LogP contribution in [0.3, 0.4) is 0 Å². The summed E-state index contributed by atoms with van der Waals surface area (Å²) in [4.78, 5) is 14.5. The minimum Gasteiger partial charge on any atom is -0.393 e. The maximum Gasteiger partial charge on any atom is 0.234 e. The van der Waals surface area contributed by atoms with Crippen molar-refractivity contribution in [2.75, 3.05) is 24.3 Å². The van der Waals surface area contributed by atoms with Crippen LogP contribution in [0, 0.1) is 18.8 Å². The molecule has 20 heavy (non-hydrogen) atoms. The van der Waals surface area contributed by atoms with Gasteiger partial charge in [0.05, 0.1) is 10.9 Å². The van der Waals surface area contributed by atoms with Crippen LogP contribution in [0.15, 0.2) is 18.2 Å². The average molecular weight is 293 g/mol. The highest BCUT2D eigenvalue weighted by atomic mass is 32.1. The lowest BCUT2D eigenvalue weighted by molar-refractivity contribution is -0.118. The first-order valence-corrected chi connectivity index (χ1v) is 7.03. The topological polar surface area (TPSA) is 58.4 Å². The highest BCUT2D eigenvalue weighted by molar-refractivity contribution is 7.80. The predicted molar refractivity (Wildman–Crippen MR) is 89.2 cm³/mol. The number of benzene rings is 1. The summed E-state index contributed by atoms with van der Waals surface area (Å²) in [5.74, 6) is -0.526. The van der Waals surface area contributed by atoms with E-state index in [1.54, 1.807) is 0 Å². The van der Waals surface area contributed by atoms with Gasteiger partial charge in [0.25, 0.3) is 0 Å². The molecule has 0 heterocycles. The van der Waals surface area contributed by atoms with Crippen molar-refractivity contribution in [3.8, 4) is 0 Å². The fourth-order valence-electron chi connectivity index (χ4n) is 2.15. The van der Waals surface area contributed by atoms with Gasteiger partial charge < -0.3 is 16.0 Å². The van der Waals surface area contributed by atoms with Gasteiger partial charge in [-0.2, -0.15) is 0 Å². The van der Waals surface area contributed by atoms with Gasteiger partial charge in [-0.25, -0.2) is 0 Å². The fourth-order valence-corrected chi connectivity index (χ4v) is 2.53. The number of nitrogens with one attached hydrogen (secondary N) is 1. The molecule has 1 amide bonds. The summed E-state index contributed by atoms with van der Waals surface area (Å²) >= 11 is 4.98. The van der Waals surface area contributed by atoms with E-state index >= 15 is 0 Å². The Morgan fingerprint density at radius 2 is 1.95 bits per heavy atom. The van der Waals surface area contributed by atoms with Gasteiger partial charge in [-0.05, 0) is 30.5 Å². The zero-order chi connectivity index (χ0) is 15.4. The van der Waals surface area contributed by atoms with E-state index in [1.165, 1.54) is 0 Å². The molecule has 110 valence electrons. The van der Waals surface area contributed by atoms with Crippen molar-refractivity contribution in [2.24, 2.45) is 17.6 Å². The molecule has 1 unspecified atom stereocenters. The Bertz CT molecular complexity index is 512. The molecule has 0 fully saturated rings. The lowest BCUT2D eigenvalue weighted by Gasteiger charge is -2.20. The van der Waals surface area contributed by atoms with E-state index in [1.807, 2.05) is 58.0 Å². The van der Waals surface area contributed by atoms with E-state index in [-0.39, 0.29) is 16.8 Å². The van der Waals surface area contributed by atoms with Gasteiger partial charge in [0.1, 0.15) is 0 Å². The third-order valence-corrected chi connectivity index (χ3v) is 3.47. The molecular weight excluding hydrogens is 270 g/mol. The van der Waals surface area contributed by atoms with Crippen LogP contribution >= 0.6 is 12.2 Å². The number of anilines is 2. The summed E-state index contributed by atoms with van der Waals surface area (Å²) < 4.78 is 0. The summed E-state index contributed by atoms with van der Waals surface area (Å²) in [7, 11) is 3.94. The van der Waals surface area contributed by atoms with Crippen molar-refractivity contribution in [1.29, 1.82) is 0 Å². The van der Waals surface area contributed by atoms with Crippen LogP contribution in [0.2, 0.25) is 0 Å². The molecule has 1 rings (SSSR count). The molecule has 1 aromatic carbocycles. The van der Waals surface area contributed by atoms with Gasteiger partial charge in [0.2, 0.25) is 5.91 Å². The van der Waals surface area contributed by atoms with Gasteiger partial charge in [0.15, 0.2) is 0 Å². The molecule has 1 atom stereocenters. The summed E-state index contributed by atoms with van der Waals surface area (Å²) in [6.45, 7) is 5.90. The molecule has 0 aromatic heterocycles. The van der Waals surface area contributed by atoms with Crippen LogP contribution < -0.4 is 16.0 Å². The van der Waals surface area contributed by atoms with E-state index in [9.17, 15) is 4.79 Å².